The van der Waals surface area contributed by atoms with Crippen molar-refractivity contribution in [2.45, 2.75) is 43.7 Å². The van der Waals surface area contributed by atoms with Crippen LogP contribution in [0.5, 0.6) is 0 Å². The van der Waals surface area contributed by atoms with Gasteiger partial charge in [0.25, 0.3) is 0 Å². The third-order valence-corrected chi connectivity index (χ3v) is 6.72. The zero-order chi connectivity index (χ0) is 19.5. The molecule has 2 aliphatic heterocycles. The van der Waals surface area contributed by atoms with Crippen LogP contribution in [0, 0.1) is 0 Å². The monoisotopic (exact) mass is 391 g/mol. The summed E-state index contributed by atoms with van der Waals surface area (Å²) in [5.74, 6) is 2.23. The zero-order valence-corrected chi connectivity index (χ0v) is 16.6. The highest BCUT2D eigenvalue weighted by atomic mass is 16.5. The number of para-hydroxylation sites is 1. The van der Waals surface area contributed by atoms with Crippen LogP contribution >= 0.6 is 0 Å². The number of carbonyl (C=O) groups is 1. The number of aryl methyl sites for hydroxylation is 1. The molecular weight excluding hydrogens is 366 g/mol. The van der Waals surface area contributed by atoms with E-state index in [4.69, 9.17) is 4.52 Å². The number of amides is 1. The molecule has 2 saturated heterocycles. The van der Waals surface area contributed by atoms with Gasteiger partial charge in [-0.05, 0) is 30.4 Å². The Morgan fingerprint density at radius 3 is 2.76 bits per heavy atom. The van der Waals surface area contributed by atoms with Gasteiger partial charge in [-0.25, -0.2) is 0 Å². The van der Waals surface area contributed by atoms with E-state index in [1.54, 1.807) is 0 Å². The molecule has 2 aromatic heterocycles. The van der Waals surface area contributed by atoms with Crippen molar-refractivity contribution in [3.8, 4) is 0 Å². The molecule has 150 valence electrons. The molecule has 0 N–H and O–H groups in total. The largest absolute Gasteiger partial charge is 0.346 e. The summed E-state index contributed by atoms with van der Waals surface area (Å²) in [7, 11) is 2.13. The van der Waals surface area contributed by atoms with E-state index in [1.807, 2.05) is 4.90 Å². The number of benzene rings is 1. The molecule has 29 heavy (non-hydrogen) atoms. The molecule has 4 heterocycles. The van der Waals surface area contributed by atoms with Gasteiger partial charge in [-0.3, -0.25) is 9.69 Å². The van der Waals surface area contributed by atoms with Crippen LogP contribution in [0.2, 0.25) is 0 Å². The molecule has 6 rings (SSSR count). The van der Waals surface area contributed by atoms with Gasteiger partial charge in [0.15, 0.2) is 5.82 Å². The second-order valence-corrected chi connectivity index (χ2v) is 8.81. The van der Waals surface area contributed by atoms with Crippen LogP contribution in [0.25, 0.3) is 10.9 Å². The molecular formula is C22H25N5O2. The summed E-state index contributed by atoms with van der Waals surface area (Å²) in [5, 5.41) is 5.39. The molecule has 3 aromatic rings. The first-order chi connectivity index (χ1) is 14.2. The molecule has 1 aliphatic carbocycles. The van der Waals surface area contributed by atoms with Crippen molar-refractivity contribution in [2.24, 2.45) is 7.05 Å². The number of rotatable bonds is 5. The summed E-state index contributed by atoms with van der Waals surface area (Å²) in [6.45, 7) is 3.48. The summed E-state index contributed by atoms with van der Waals surface area (Å²) in [4.78, 5) is 21.6. The molecule has 1 aromatic carbocycles. The van der Waals surface area contributed by atoms with E-state index < -0.39 is 0 Å². The Bertz CT molecular complexity index is 1080. The number of aromatic nitrogens is 3. The van der Waals surface area contributed by atoms with Gasteiger partial charge in [-0.1, -0.05) is 23.4 Å². The normalized spacial score (nSPS) is 23.3. The molecule has 1 saturated carbocycles. The standard InChI is InChI=1S/C22H25N5O2/c1-25-17(8-15-4-2-3-5-19(15)25)11-26-12-18(13-26)27-10-16(9-20(27)28)22-23-21(24-29-22)14-6-7-14/h2-5,8,14,16,18H,6-7,9-13H2,1H3. The summed E-state index contributed by atoms with van der Waals surface area (Å²) in [6, 6.07) is 11.1. The highest BCUT2D eigenvalue weighted by Crippen LogP contribution is 2.39. The Labute approximate surface area is 169 Å². The number of nitrogens with zero attached hydrogens (tertiary/aromatic N) is 5. The Kier molecular flexibility index (Phi) is 3.81. The second-order valence-electron chi connectivity index (χ2n) is 8.81. The Morgan fingerprint density at radius 2 is 1.97 bits per heavy atom. The molecule has 0 spiro atoms. The third-order valence-electron chi connectivity index (χ3n) is 6.72. The van der Waals surface area contributed by atoms with Gasteiger partial charge in [0.1, 0.15) is 0 Å². The molecule has 3 fully saturated rings. The predicted octanol–water partition coefficient (Wildman–Crippen LogP) is 2.64. The fraction of sp³-hybridized carbons (Fsp3) is 0.500. The summed E-state index contributed by atoms with van der Waals surface area (Å²) in [6.07, 6.45) is 2.80. The van der Waals surface area contributed by atoms with Gasteiger partial charge in [-0.2, -0.15) is 4.98 Å². The molecule has 1 amide bonds. The van der Waals surface area contributed by atoms with Crippen molar-refractivity contribution in [2.75, 3.05) is 19.6 Å². The van der Waals surface area contributed by atoms with E-state index in [1.165, 1.54) is 16.6 Å². The van der Waals surface area contributed by atoms with Gasteiger partial charge < -0.3 is 14.0 Å². The fourth-order valence-electron chi connectivity index (χ4n) is 4.77. The lowest BCUT2D eigenvalue weighted by atomic mass is 10.1. The Balaban J connectivity index is 1.08. The zero-order valence-electron chi connectivity index (χ0n) is 16.6. The van der Waals surface area contributed by atoms with Crippen LogP contribution in [0.1, 0.15) is 48.5 Å². The molecule has 0 bridgehead atoms. The van der Waals surface area contributed by atoms with Gasteiger partial charge in [0, 0.05) is 56.8 Å². The number of likely N-dealkylation sites (tertiary alicyclic amines) is 2. The minimum absolute atomic E-state index is 0.0507. The lowest BCUT2D eigenvalue weighted by Crippen LogP contribution is -2.59. The van der Waals surface area contributed by atoms with Crippen molar-refractivity contribution in [1.29, 1.82) is 0 Å². The summed E-state index contributed by atoms with van der Waals surface area (Å²) in [5.41, 5.74) is 2.58. The van der Waals surface area contributed by atoms with E-state index in [-0.39, 0.29) is 11.8 Å². The fourth-order valence-corrected chi connectivity index (χ4v) is 4.77. The predicted molar refractivity (Wildman–Crippen MR) is 107 cm³/mol. The first kappa shape index (κ1) is 17.2. The molecule has 1 atom stereocenters. The van der Waals surface area contributed by atoms with E-state index in [0.29, 0.717) is 30.8 Å². The van der Waals surface area contributed by atoms with Crippen molar-refractivity contribution in [3.63, 3.8) is 0 Å². The van der Waals surface area contributed by atoms with Crippen LogP contribution in [-0.2, 0) is 18.4 Å². The minimum Gasteiger partial charge on any atom is -0.346 e. The average Bonchev–Trinajstić information content (AvgIpc) is 3.16. The number of hydrogen-bond acceptors (Lipinski definition) is 5. The summed E-state index contributed by atoms with van der Waals surface area (Å²) >= 11 is 0. The molecule has 7 heteroatoms. The molecule has 3 aliphatic rings. The molecule has 1 unspecified atom stereocenters. The minimum atomic E-state index is 0.0507. The van der Waals surface area contributed by atoms with Crippen molar-refractivity contribution in [3.05, 3.63) is 47.7 Å². The first-order valence-corrected chi connectivity index (χ1v) is 10.5. The molecule has 7 nitrogen and oxygen atoms in total. The van der Waals surface area contributed by atoms with Gasteiger partial charge in [-0.15, -0.1) is 0 Å². The van der Waals surface area contributed by atoms with Crippen LogP contribution in [0.4, 0.5) is 0 Å². The Morgan fingerprint density at radius 1 is 1.14 bits per heavy atom. The van der Waals surface area contributed by atoms with Crippen LogP contribution in [-0.4, -0.2) is 56.1 Å². The maximum absolute atomic E-state index is 12.6. The van der Waals surface area contributed by atoms with Gasteiger partial charge in [0.2, 0.25) is 11.8 Å². The summed E-state index contributed by atoms with van der Waals surface area (Å²) < 4.78 is 7.74. The van der Waals surface area contributed by atoms with Gasteiger partial charge >= 0.3 is 0 Å². The van der Waals surface area contributed by atoms with E-state index >= 15 is 0 Å². The number of carbonyl (C=O) groups excluding carboxylic acids is 1. The maximum Gasteiger partial charge on any atom is 0.232 e. The molecule has 0 radical (unpaired) electrons. The van der Waals surface area contributed by atoms with E-state index in [0.717, 1.165) is 38.3 Å². The SMILES string of the molecule is Cn1c(CN2CC(N3CC(c4nc(C5CC5)no4)CC3=O)C2)cc2ccccc21. The second kappa shape index (κ2) is 6.42. The Hall–Kier alpha value is -2.67. The van der Waals surface area contributed by atoms with Crippen molar-refractivity contribution in [1.82, 2.24) is 24.5 Å². The first-order valence-electron chi connectivity index (χ1n) is 10.5. The van der Waals surface area contributed by atoms with Gasteiger partial charge in [0.05, 0.1) is 12.0 Å². The van der Waals surface area contributed by atoms with Crippen molar-refractivity contribution >= 4 is 16.8 Å². The average molecular weight is 391 g/mol. The highest BCUT2D eigenvalue weighted by molar-refractivity contribution is 5.81. The number of hydrogen-bond donors (Lipinski definition) is 0. The lowest BCUT2D eigenvalue weighted by molar-refractivity contribution is -0.133. The quantitative estimate of drug-likeness (QED) is 0.669. The smallest absolute Gasteiger partial charge is 0.232 e. The highest BCUT2D eigenvalue weighted by Gasteiger charge is 2.42. The van der Waals surface area contributed by atoms with E-state index in [9.17, 15) is 4.79 Å². The lowest BCUT2D eigenvalue weighted by Gasteiger charge is -2.44. The third kappa shape index (κ3) is 2.95. The van der Waals surface area contributed by atoms with Crippen LogP contribution < -0.4 is 0 Å². The topological polar surface area (TPSA) is 67.4 Å². The van der Waals surface area contributed by atoms with E-state index in [2.05, 4.69) is 57.0 Å². The maximum atomic E-state index is 12.6. The van der Waals surface area contributed by atoms with Crippen LogP contribution in [0.3, 0.4) is 0 Å². The van der Waals surface area contributed by atoms with Crippen LogP contribution in [0.15, 0.2) is 34.9 Å². The number of fused-ring (bicyclic) bond motifs is 1. The van der Waals surface area contributed by atoms with Crippen molar-refractivity contribution < 1.29 is 9.32 Å².